The van der Waals surface area contributed by atoms with Gasteiger partial charge < -0.3 is 5.32 Å². The van der Waals surface area contributed by atoms with Crippen molar-refractivity contribution in [3.05, 3.63) is 69.0 Å². The molecule has 3 aromatic rings. The summed E-state index contributed by atoms with van der Waals surface area (Å²) >= 11 is 1.53. The van der Waals surface area contributed by atoms with E-state index >= 15 is 0 Å². The van der Waals surface area contributed by atoms with Gasteiger partial charge in [-0.05, 0) is 23.6 Å². The van der Waals surface area contributed by atoms with E-state index in [1.165, 1.54) is 20.9 Å². The summed E-state index contributed by atoms with van der Waals surface area (Å²) in [4.78, 5) is 43.4. The number of hydrogen-bond acceptors (Lipinski definition) is 5. The summed E-state index contributed by atoms with van der Waals surface area (Å²) in [7, 11) is 0. The van der Waals surface area contributed by atoms with Crippen molar-refractivity contribution in [1.82, 2.24) is 19.7 Å². The minimum atomic E-state index is -0.604. The fourth-order valence-electron chi connectivity index (χ4n) is 2.82. The molecule has 1 aliphatic rings. The Hall–Kier alpha value is -3.20. The molecule has 4 rings (SSSR count). The molecule has 9 heteroatoms. The number of hydrogen-bond donors (Lipinski definition) is 1. The van der Waals surface area contributed by atoms with Crippen LogP contribution in [0, 0.1) is 0 Å². The molecule has 1 N–H and O–H groups in total. The van der Waals surface area contributed by atoms with Gasteiger partial charge in [0.25, 0.3) is 0 Å². The van der Waals surface area contributed by atoms with E-state index in [4.69, 9.17) is 0 Å². The molecule has 8 nitrogen and oxygen atoms in total. The van der Waals surface area contributed by atoms with Crippen molar-refractivity contribution in [3.63, 3.8) is 0 Å². The second kappa shape index (κ2) is 6.60. The minimum Gasteiger partial charge on any atom is -0.350 e. The monoisotopic (exact) mass is 369 g/mol. The highest BCUT2D eigenvalue weighted by molar-refractivity contribution is 7.09. The molecule has 0 aliphatic carbocycles. The van der Waals surface area contributed by atoms with E-state index in [2.05, 4.69) is 10.3 Å². The van der Waals surface area contributed by atoms with Crippen LogP contribution in [0.15, 0.2) is 52.6 Å². The van der Waals surface area contributed by atoms with E-state index < -0.39 is 11.7 Å². The summed E-state index contributed by atoms with van der Waals surface area (Å²) in [6.07, 6.45) is 0. The average molecular weight is 369 g/mol. The Morgan fingerprint density at radius 3 is 2.69 bits per heavy atom. The second-order valence-electron chi connectivity index (χ2n) is 5.74. The zero-order valence-electron chi connectivity index (χ0n) is 13.7. The lowest BCUT2D eigenvalue weighted by atomic mass is 10.3. The zero-order chi connectivity index (χ0) is 18.1. The van der Waals surface area contributed by atoms with Crippen LogP contribution in [-0.4, -0.2) is 26.3 Å². The highest BCUT2D eigenvalue weighted by Crippen LogP contribution is 2.22. The van der Waals surface area contributed by atoms with Gasteiger partial charge in [0.2, 0.25) is 5.91 Å². The van der Waals surface area contributed by atoms with E-state index in [1.54, 1.807) is 12.1 Å². The molecule has 2 amide bonds. The molecule has 2 aromatic heterocycles. The van der Waals surface area contributed by atoms with Gasteiger partial charge in [0.1, 0.15) is 6.54 Å². The Bertz CT molecular complexity index is 1010. The summed E-state index contributed by atoms with van der Waals surface area (Å²) in [5.74, 6) is -0.0240. The van der Waals surface area contributed by atoms with Crippen molar-refractivity contribution >= 4 is 29.0 Å². The van der Waals surface area contributed by atoms with E-state index in [9.17, 15) is 14.4 Å². The number of amides is 2. The third kappa shape index (κ3) is 2.92. The van der Waals surface area contributed by atoms with Gasteiger partial charge in [-0.3, -0.25) is 9.69 Å². The largest absolute Gasteiger partial charge is 0.365 e. The van der Waals surface area contributed by atoms with Crippen LogP contribution in [0.4, 0.5) is 10.5 Å². The number of anilines is 1. The molecule has 0 unspecified atom stereocenters. The maximum Gasteiger partial charge on any atom is 0.365 e. The van der Waals surface area contributed by atoms with E-state index in [-0.39, 0.29) is 19.0 Å². The Morgan fingerprint density at radius 2 is 1.96 bits per heavy atom. The molecule has 0 spiro atoms. The van der Waals surface area contributed by atoms with Crippen molar-refractivity contribution in [2.24, 2.45) is 0 Å². The molecule has 132 valence electrons. The standard InChI is InChI=1S/C17H15N5O3S/c23-15(18-9-13-7-4-8-26-13)11-21-16(24)19-14-10-20(17(25)22(14)21)12-5-2-1-3-6-12/h1-8H,9-11H2,(H,18,23). The lowest BCUT2D eigenvalue weighted by molar-refractivity contribution is -0.122. The molecule has 0 atom stereocenters. The maximum absolute atomic E-state index is 12.7. The van der Waals surface area contributed by atoms with Crippen LogP contribution in [0.5, 0.6) is 0 Å². The number of fused-ring (bicyclic) bond motifs is 1. The molecule has 0 radical (unpaired) electrons. The van der Waals surface area contributed by atoms with Crippen LogP contribution in [0.2, 0.25) is 0 Å². The zero-order valence-corrected chi connectivity index (χ0v) is 14.5. The number of thiophene rings is 1. The quantitative estimate of drug-likeness (QED) is 0.736. The number of carbonyl (C=O) groups is 2. The normalized spacial score (nSPS) is 13.1. The lowest BCUT2D eigenvalue weighted by Crippen LogP contribution is -2.38. The van der Waals surface area contributed by atoms with Gasteiger partial charge in [0.15, 0.2) is 5.82 Å². The van der Waals surface area contributed by atoms with Crippen molar-refractivity contribution in [3.8, 4) is 0 Å². The topological polar surface area (TPSA) is 89.2 Å². The predicted octanol–water partition coefficient (Wildman–Crippen LogP) is 1.41. The molecule has 1 aromatic carbocycles. The first-order valence-electron chi connectivity index (χ1n) is 7.98. The van der Waals surface area contributed by atoms with Crippen LogP contribution in [0.1, 0.15) is 10.7 Å². The first kappa shape index (κ1) is 16.3. The summed E-state index contributed by atoms with van der Waals surface area (Å²) in [5, 5.41) is 4.67. The van der Waals surface area contributed by atoms with Gasteiger partial charge in [0, 0.05) is 10.6 Å². The second-order valence-corrected chi connectivity index (χ2v) is 6.77. The lowest BCUT2D eigenvalue weighted by Gasteiger charge is -2.15. The highest BCUT2D eigenvalue weighted by Gasteiger charge is 2.33. The Kier molecular flexibility index (Phi) is 4.13. The molecule has 0 fully saturated rings. The van der Waals surface area contributed by atoms with Crippen molar-refractivity contribution < 1.29 is 9.59 Å². The molecular weight excluding hydrogens is 354 g/mol. The van der Waals surface area contributed by atoms with E-state index in [1.807, 2.05) is 35.7 Å². The van der Waals surface area contributed by atoms with Crippen LogP contribution >= 0.6 is 11.3 Å². The van der Waals surface area contributed by atoms with E-state index in [0.29, 0.717) is 18.1 Å². The summed E-state index contributed by atoms with van der Waals surface area (Å²) in [6.45, 7) is 0.323. The third-order valence-corrected chi connectivity index (χ3v) is 4.92. The molecule has 3 heterocycles. The molecule has 0 bridgehead atoms. The van der Waals surface area contributed by atoms with Gasteiger partial charge >= 0.3 is 11.7 Å². The van der Waals surface area contributed by atoms with Crippen LogP contribution in [0.3, 0.4) is 0 Å². The summed E-state index contributed by atoms with van der Waals surface area (Å²) in [5.41, 5.74) is 0.108. The first-order valence-corrected chi connectivity index (χ1v) is 8.86. The van der Waals surface area contributed by atoms with Gasteiger partial charge in [0.05, 0.1) is 13.1 Å². The number of rotatable bonds is 5. The number of benzene rings is 1. The highest BCUT2D eigenvalue weighted by atomic mass is 32.1. The van der Waals surface area contributed by atoms with Crippen molar-refractivity contribution in [2.75, 3.05) is 4.90 Å². The van der Waals surface area contributed by atoms with Crippen molar-refractivity contribution in [2.45, 2.75) is 19.6 Å². The maximum atomic E-state index is 12.7. The summed E-state index contributed by atoms with van der Waals surface area (Å²) < 4.78 is 2.25. The SMILES string of the molecule is O=C(Cn1c(=O)nc2n1C(=O)N(c1ccccc1)C2)NCc1cccs1. The number of nitrogens with one attached hydrogen (secondary N) is 1. The van der Waals surface area contributed by atoms with Gasteiger partial charge in [-0.1, -0.05) is 24.3 Å². The number of carbonyl (C=O) groups excluding carboxylic acids is 2. The average Bonchev–Trinajstić information content (AvgIpc) is 3.34. The number of para-hydroxylation sites is 1. The van der Waals surface area contributed by atoms with E-state index in [0.717, 1.165) is 9.56 Å². The Morgan fingerprint density at radius 1 is 1.15 bits per heavy atom. The van der Waals surface area contributed by atoms with Gasteiger partial charge in [-0.2, -0.15) is 9.67 Å². The van der Waals surface area contributed by atoms with Crippen LogP contribution < -0.4 is 15.9 Å². The molecule has 0 saturated heterocycles. The molecular formula is C17H15N5O3S. The van der Waals surface area contributed by atoms with Gasteiger partial charge in [-0.25, -0.2) is 14.3 Å². The molecule has 26 heavy (non-hydrogen) atoms. The fourth-order valence-corrected chi connectivity index (χ4v) is 3.46. The molecule has 1 aliphatic heterocycles. The summed E-state index contributed by atoms with van der Waals surface area (Å²) in [6, 6.07) is 12.5. The Balaban J connectivity index is 1.52. The fraction of sp³-hybridized carbons (Fsp3) is 0.176. The minimum absolute atomic E-state index is 0.196. The van der Waals surface area contributed by atoms with Gasteiger partial charge in [-0.15, -0.1) is 11.3 Å². The predicted molar refractivity (Wildman–Crippen MR) is 96.1 cm³/mol. The molecule has 0 saturated carbocycles. The van der Waals surface area contributed by atoms with Crippen molar-refractivity contribution in [1.29, 1.82) is 0 Å². The smallest absolute Gasteiger partial charge is 0.350 e. The third-order valence-electron chi connectivity index (χ3n) is 4.04. The van der Waals surface area contributed by atoms with Crippen LogP contribution in [-0.2, 0) is 24.4 Å². The number of nitrogens with zero attached hydrogens (tertiary/aromatic N) is 4. The number of aromatic nitrogens is 3. The van der Waals surface area contributed by atoms with Crippen LogP contribution in [0.25, 0.3) is 0 Å². The first-order chi connectivity index (χ1) is 12.6. The Labute approximate surface area is 152 Å².